The highest BCUT2D eigenvalue weighted by Gasteiger charge is 2.06. The van der Waals surface area contributed by atoms with Gasteiger partial charge in [-0.1, -0.05) is 0 Å². The summed E-state index contributed by atoms with van der Waals surface area (Å²) in [6, 6.07) is 4.68. The van der Waals surface area contributed by atoms with E-state index in [1.807, 2.05) is 0 Å². The third kappa shape index (κ3) is 3.90. The molecule has 0 spiro atoms. The molecule has 0 saturated carbocycles. The van der Waals surface area contributed by atoms with Gasteiger partial charge in [0.1, 0.15) is 11.5 Å². The summed E-state index contributed by atoms with van der Waals surface area (Å²) in [5.74, 6) is -0.0339. The lowest BCUT2D eigenvalue weighted by Gasteiger charge is -2.07. The van der Waals surface area contributed by atoms with E-state index in [2.05, 4.69) is 0 Å². The number of hydrogen-bond donors (Lipinski definition) is 0. The fraction of sp³-hybridized carbons (Fsp3) is 0.273. The maximum Gasteiger partial charge on any atom is 0.308 e. The highest BCUT2D eigenvalue weighted by Crippen LogP contribution is 2.24. The highest BCUT2D eigenvalue weighted by atomic mass is 35.5. The molecule has 5 heteroatoms. The topological polar surface area (TPSA) is 52.6 Å². The molecule has 0 amide bonds. The molecule has 0 heterocycles. The molecule has 4 nitrogen and oxygen atoms in total. The Hall–Kier alpha value is -1.55. The van der Waals surface area contributed by atoms with Gasteiger partial charge in [0.2, 0.25) is 0 Å². The molecule has 0 aliphatic carbocycles. The Morgan fingerprint density at radius 1 is 1.06 bits per heavy atom. The maximum absolute atomic E-state index is 10.8. The van der Waals surface area contributed by atoms with Crippen molar-refractivity contribution < 1.29 is 19.1 Å². The number of halogens is 1. The van der Waals surface area contributed by atoms with Crippen LogP contribution in [0.3, 0.4) is 0 Å². The molecule has 0 radical (unpaired) electrons. The largest absolute Gasteiger partial charge is 0.427 e. The van der Waals surface area contributed by atoms with Crippen LogP contribution < -0.4 is 9.47 Å². The van der Waals surface area contributed by atoms with Crippen LogP contribution in [0.1, 0.15) is 19.4 Å². The number of hydrogen-bond acceptors (Lipinski definition) is 4. The van der Waals surface area contributed by atoms with Crippen LogP contribution in [0.15, 0.2) is 18.2 Å². The van der Waals surface area contributed by atoms with E-state index in [4.69, 9.17) is 21.1 Å². The van der Waals surface area contributed by atoms with Gasteiger partial charge < -0.3 is 9.47 Å². The van der Waals surface area contributed by atoms with Crippen molar-refractivity contribution in [2.24, 2.45) is 0 Å². The molecule has 1 aromatic carbocycles. The Balaban J connectivity index is 3.00. The van der Waals surface area contributed by atoms with Gasteiger partial charge in [-0.05, 0) is 17.7 Å². The maximum atomic E-state index is 10.8. The van der Waals surface area contributed by atoms with Gasteiger partial charge in [0.15, 0.2) is 0 Å². The Kier molecular flexibility index (Phi) is 4.31. The van der Waals surface area contributed by atoms with Crippen LogP contribution in [0.4, 0.5) is 0 Å². The first-order valence-electron chi connectivity index (χ1n) is 4.58. The zero-order valence-electron chi connectivity index (χ0n) is 8.95. The van der Waals surface area contributed by atoms with E-state index in [9.17, 15) is 9.59 Å². The van der Waals surface area contributed by atoms with Crippen molar-refractivity contribution in [1.29, 1.82) is 0 Å². The SMILES string of the molecule is CC(=O)Oc1cc(CCl)cc(OC(C)=O)c1. The number of alkyl halides is 1. The van der Waals surface area contributed by atoms with Crippen molar-refractivity contribution in [3.05, 3.63) is 23.8 Å². The summed E-state index contributed by atoms with van der Waals surface area (Å²) in [6.45, 7) is 2.58. The molecular formula is C11H11ClO4. The fourth-order valence-electron chi connectivity index (χ4n) is 1.16. The predicted molar refractivity (Wildman–Crippen MR) is 58.6 cm³/mol. The molecule has 16 heavy (non-hydrogen) atoms. The summed E-state index contributed by atoms with van der Waals surface area (Å²) >= 11 is 5.66. The van der Waals surface area contributed by atoms with Crippen LogP contribution in [0, 0.1) is 0 Å². The summed E-state index contributed by atoms with van der Waals surface area (Å²) in [6.07, 6.45) is 0. The highest BCUT2D eigenvalue weighted by molar-refractivity contribution is 6.17. The smallest absolute Gasteiger partial charge is 0.308 e. The zero-order chi connectivity index (χ0) is 12.1. The van der Waals surface area contributed by atoms with Crippen LogP contribution >= 0.6 is 11.6 Å². The van der Waals surface area contributed by atoms with Gasteiger partial charge in [0, 0.05) is 25.8 Å². The van der Waals surface area contributed by atoms with Gasteiger partial charge in [-0.15, -0.1) is 11.6 Å². The lowest BCUT2D eigenvalue weighted by atomic mass is 10.2. The minimum atomic E-state index is -0.444. The first-order valence-corrected chi connectivity index (χ1v) is 5.11. The van der Waals surface area contributed by atoms with Crippen molar-refractivity contribution >= 4 is 23.5 Å². The van der Waals surface area contributed by atoms with E-state index in [1.165, 1.54) is 19.9 Å². The standard InChI is InChI=1S/C11H11ClO4/c1-7(13)15-10-3-9(6-12)4-11(5-10)16-8(2)14/h3-5H,6H2,1-2H3. The number of rotatable bonds is 3. The molecule has 0 bridgehead atoms. The van der Waals surface area contributed by atoms with E-state index in [0.717, 1.165) is 0 Å². The number of carbonyl (C=O) groups excluding carboxylic acids is 2. The Morgan fingerprint density at radius 3 is 1.81 bits per heavy atom. The molecule has 0 aliphatic rings. The van der Waals surface area contributed by atoms with E-state index in [0.29, 0.717) is 17.1 Å². The van der Waals surface area contributed by atoms with Crippen LogP contribution in [-0.4, -0.2) is 11.9 Å². The van der Waals surface area contributed by atoms with E-state index in [1.54, 1.807) is 12.1 Å². The van der Waals surface area contributed by atoms with Crippen molar-refractivity contribution in [2.45, 2.75) is 19.7 Å². The van der Waals surface area contributed by atoms with Gasteiger partial charge in [0.05, 0.1) is 0 Å². The Morgan fingerprint density at radius 2 is 1.50 bits per heavy atom. The molecule has 0 saturated heterocycles. The number of esters is 2. The summed E-state index contributed by atoms with van der Waals surface area (Å²) in [5, 5.41) is 0. The normalized spacial score (nSPS) is 9.69. The van der Waals surface area contributed by atoms with E-state index >= 15 is 0 Å². The molecule has 1 rings (SSSR count). The first kappa shape index (κ1) is 12.5. The van der Waals surface area contributed by atoms with Crippen molar-refractivity contribution in [3.8, 4) is 11.5 Å². The molecule has 86 valence electrons. The van der Waals surface area contributed by atoms with Crippen LogP contribution in [0.25, 0.3) is 0 Å². The minimum Gasteiger partial charge on any atom is -0.427 e. The van der Waals surface area contributed by atoms with E-state index < -0.39 is 11.9 Å². The average molecular weight is 243 g/mol. The zero-order valence-corrected chi connectivity index (χ0v) is 9.71. The van der Waals surface area contributed by atoms with Gasteiger partial charge in [-0.2, -0.15) is 0 Å². The quantitative estimate of drug-likeness (QED) is 0.464. The Labute approximate surface area is 98.1 Å². The lowest BCUT2D eigenvalue weighted by Crippen LogP contribution is -2.04. The third-order valence-corrected chi connectivity index (χ3v) is 1.93. The monoisotopic (exact) mass is 242 g/mol. The van der Waals surface area contributed by atoms with Gasteiger partial charge in [0.25, 0.3) is 0 Å². The second-order valence-corrected chi connectivity index (χ2v) is 3.40. The van der Waals surface area contributed by atoms with Crippen molar-refractivity contribution in [3.63, 3.8) is 0 Å². The number of benzene rings is 1. The lowest BCUT2D eigenvalue weighted by molar-refractivity contribution is -0.132. The molecule has 0 fully saturated rings. The summed E-state index contributed by atoms with van der Waals surface area (Å²) in [4.78, 5) is 21.6. The Bertz CT molecular complexity index is 380. The van der Waals surface area contributed by atoms with Crippen LogP contribution in [-0.2, 0) is 15.5 Å². The molecule has 0 N–H and O–H groups in total. The third-order valence-electron chi connectivity index (χ3n) is 1.62. The van der Waals surface area contributed by atoms with Crippen LogP contribution in [0.2, 0.25) is 0 Å². The molecule has 0 aliphatic heterocycles. The molecule has 1 aromatic rings. The number of ether oxygens (including phenoxy) is 2. The van der Waals surface area contributed by atoms with Gasteiger partial charge in [-0.3, -0.25) is 9.59 Å². The second-order valence-electron chi connectivity index (χ2n) is 3.13. The average Bonchev–Trinajstić information content (AvgIpc) is 2.14. The summed E-state index contributed by atoms with van der Waals surface area (Å²) in [7, 11) is 0. The summed E-state index contributed by atoms with van der Waals surface area (Å²) < 4.78 is 9.78. The van der Waals surface area contributed by atoms with Crippen LogP contribution in [0.5, 0.6) is 11.5 Å². The van der Waals surface area contributed by atoms with Gasteiger partial charge in [-0.25, -0.2) is 0 Å². The van der Waals surface area contributed by atoms with Crippen molar-refractivity contribution in [2.75, 3.05) is 0 Å². The fourth-order valence-corrected chi connectivity index (χ4v) is 1.31. The molecule has 0 atom stereocenters. The minimum absolute atomic E-state index is 0.239. The number of carbonyl (C=O) groups is 2. The molecule has 0 aromatic heterocycles. The molecule has 0 unspecified atom stereocenters. The predicted octanol–water partition coefficient (Wildman–Crippen LogP) is 2.28. The second kappa shape index (κ2) is 5.51. The molecular weight excluding hydrogens is 232 g/mol. The van der Waals surface area contributed by atoms with Crippen molar-refractivity contribution in [1.82, 2.24) is 0 Å². The van der Waals surface area contributed by atoms with Gasteiger partial charge >= 0.3 is 11.9 Å². The summed E-state index contributed by atoms with van der Waals surface area (Å²) in [5.41, 5.74) is 0.705. The first-order chi connectivity index (χ1) is 7.51. The van der Waals surface area contributed by atoms with E-state index in [-0.39, 0.29) is 5.88 Å².